The zero-order valence-corrected chi connectivity index (χ0v) is 19.5. The first-order valence-corrected chi connectivity index (χ1v) is 9.47. The number of hydrogen-bond acceptors (Lipinski definition) is 2. The fourth-order valence-electron chi connectivity index (χ4n) is 3.28. The Morgan fingerprint density at radius 3 is 2.66 bits per heavy atom. The molecular weight excluding hydrogens is 480 g/mol. The molecule has 0 bridgehead atoms. The lowest BCUT2D eigenvalue weighted by Crippen LogP contribution is -2.37. The summed E-state index contributed by atoms with van der Waals surface area (Å²) in [6.07, 6.45) is 2.72. The molecule has 0 aliphatic rings. The van der Waals surface area contributed by atoms with Crippen molar-refractivity contribution in [1.82, 2.24) is 20.5 Å². The van der Waals surface area contributed by atoms with E-state index in [1.54, 1.807) is 19.2 Å². The van der Waals surface area contributed by atoms with Crippen LogP contribution in [-0.4, -0.2) is 43.5 Å². The number of aromatic nitrogens is 1. The molecule has 0 saturated carbocycles. The Morgan fingerprint density at radius 1 is 1.10 bits per heavy atom. The van der Waals surface area contributed by atoms with E-state index >= 15 is 0 Å². The molecular formula is C22H29FIN5. The third kappa shape index (κ3) is 6.71. The van der Waals surface area contributed by atoms with Gasteiger partial charge in [-0.15, -0.1) is 24.0 Å². The largest absolute Gasteiger partial charge is 0.361 e. The van der Waals surface area contributed by atoms with Crippen molar-refractivity contribution in [2.24, 2.45) is 4.99 Å². The van der Waals surface area contributed by atoms with Crippen molar-refractivity contribution in [3.63, 3.8) is 0 Å². The van der Waals surface area contributed by atoms with Crippen LogP contribution < -0.4 is 10.6 Å². The number of halogens is 2. The molecule has 0 unspecified atom stereocenters. The third-order valence-corrected chi connectivity index (χ3v) is 4.59. The average molecular weight is 509 g/mol. The average Bonchev–Trinajstić information content (AvgIpc) is 3.06. The smallest absolute Gasteiger partial charge is 0.191 e. The molecule has 3 N–H and O–H groups in total. The number of nitrogens with one attached hydrogen (secondary N) is 3. The molecule has 7 heteroatoms. The highest BCUT2D eigenvalue weighted by Crippen LogP contribution is 2.19. The maximum atomic E-state index is 13.5. The van der Waals surface area contributed by atoms with Gasteiger partial charge in [0, 0.05) is 43.8 Å². The van der Waals surface area contributed by atoms with Crippen molar-refractivity contribution in [2.45, 2.75) is 19.5 Å². The summed E-state index contributed by atoms with van der Waals surface area (Å²) in [6.45, 7) is 2.34. The molecule has 0 fully saturated rings. The molecule has 1 heterocycles. The summed E-state index contributed by atoms with van der Waals surface area (Å²) < 4.78 is 13.5. The Labute approximate surface area is 188 Å². The Balaban J connectivity index is 0.00000300. The summed E-state index contributed by atoms with van der Waals surface area (Å²) in [5.74, 6) is 0.541. The molecule has 3 aromatic rings. The first-order chi connectivity index (χ1) is 13.5. The van der Waals surface area contributed by atoms with Crippen LogP contribution in [0.3, 0.4) is 0 Å². The molecule has 2 aromatic carbocycles. The number of guanidine groups is 1. The van der Waals surface area contributed by atoms with Gasteiger partial charge >= 0.3 is 0 Å². The first-order valence-electron chi connectivity index (χ1n) is 9.47. The number of fused-ring (bicyclic) bond motifs is 1. The van der Waals surface area contributed by atoms with E-state index in [4.69, 9.17) is 0 Å². The predicted octanol–water partition coefficient (Wildman–Crippen LogP) is 3.89. The zero-order chi connectivity index (χ0) is 19.9. The summed E-state index contributed by atoms with van der Waals surface area (Å²) in [5.41, 5.74) is 4.55. The number of aliphatic imine (C=N–C) groups is 1. The number of rotatable bonds is 7. The van der Waals surface area contributed by atoms with Gasteiger partial charge in [-0.3, -0.25) is 4.99 Å². The molecule has 0 radical (unpaired) electrons. The van der Waals surface area contributed by atoms with Crippen molar-refractivity contribution >= 4 is 40.8 Å². The lowest BCUT2D eigenvalue weighted by molar-refractivity contribution is 0.402. The highest BCUT2D eigenvalue weighted by Gasteiger charge is 2.06. The fraction of sp³-hybridized carbons (Fsp3) is 0.318. The maximum Gasteiger partial charge on any atom is 0.191 e. The highest BCUT2D eigenvalue weighted by atomic mass is 127. The second-order valence-corrected chi connectivity index (χ2v) is 7.16. The molecule has 5 nitrogen and oxygen atoms in total. The minimum Gasteiger partial charge on any atom is -0.361 e. The van der Waals surface area contributed by atoms with Gasteiger partial charge in [0.1, 0.15) is 5.82 Å². The SMILES string of the molecule is CN=C(NCCc1c[nH]c2ccc(F)cc12)NCc1cccc(CN(C)C)c1.I. The lowest BCUT2D eigenvalue weighted by Gasteiger charge is -2.13. The number of hydrogen-bond donors (Lipinski definition) is 3. The van der Waals surface area contributed by atoms with E-state index in [2.05, 4.69) is 63.9 Å². The maximum absolute atomic E-state index is 13.5. The van der Waals surface area contributed by atoms with Crippen molar-refractivity contribution in [3.8, 4) is 0 Å². The van der Waals surface area contributed by atoms with Gasteiger partial charge in [0.05, 0.1) is 0 Å². The lowest BCUT2D eigenvalue weighted by atomic mass is 10.1. The van der Waals surface area contributed by atoms with Crippen LogP contribution in [0, 0.1) is 5.82 Å². The number of aromatic amines is 1. The molecule has 156 valence electrons. The molecule has 0 aliphatic heterocycles. The van der Waals surface area contributed by atoms with E-state index < -0.39 is 0 Å². The van der Waals surface area contributed by atoms with Crippen LogP contribution in [0.2, 0.25) is 0 Å². The van der Waals surface area contributed by atoms with E-state index in [9.17, 15) is 4.39 Å². The minimum absolute atomic E-state index is 0. The van der Waals surface area contributed by atoms with E-state index in [1.807, 2.05) is 6.20 Å². The number of H-pyrrole nitrogens is 1. The second-order valence-electron chi connectivity index (χ2n) is 7.16. The topological polar surface area (TPSA) is 55.5 Å². The van der Waals surface area contributed by atoms with Gasteiger partial charge in [-0.25, -0.2) is 4.39 Å². The van der Waals surface area contributed by atoms with Crippen molar-refractivity contribution < 1.29 is 4.39 Å². The fourth-order valence-corrected chi connectivity index (χ4v) is 3.28. The molecule has 0 atom stereocenters. The Morgan fingerprint density at radius 2 is 1.90 bits per heavy atom. The monoisotopic (exact) mass is 509 g/mol. The molecule has 3 rings (SSSR count). The summed E-state index contributed by atoms with van der Waals surface area (Å²) in [7, 11) is 5.90. The van der Waals surface area contributed by atoms with Crippen molar-refractivity contribution in [2.75, 3.05) is 27.7 Å². The van der Waals surface area contributed by atoms with E-state index in [1.165, 1.54) is 17.2 Å². The second kappa shape index (κ2) is 11.2. The Bertz CT molecular complexity index is 951. The summed E-state index contributed by atoms with van der Waals surface area (Å²) >= 11 is 0. The van der Waals surface area contributed by atoms with Gasteiger partial charge in [0.25, 0.3) is 0 Å². The van der Waals surface area contributed by atoms with Crippen LogP contribution in [0.1, 0.15) is 16.7 Å². The van der Waals surface area contributed by atoms with E-state index in [0.717, 1.165) is 35.4 Å². The van der Waals surface area contributed by atoms with Crippen LogP contribution in [-0.2, 0) is 19.5 Å². The summed E-state index contributed by atoms with van der Waals surface area (Å²) in [4.78, 5) is 9.63. The number of nitrogens with zero attached hydrogens (tertiary/aromatic N) is 2. The molecule has 1 aromatic heterocycles. The number of benzene rings is 2. The minimum atomic E-state index is -0.213. The summed E-state index contributed by atoms with van der Waals surface area (Å²) in [5, 5.41) is 7.61. The van der Waals surface area contributed by atoms with E-state index in [0.29, 0.717) is 13.1 Å². The van der Waals surface area contributed by atoms with Crippen LogP contribution in [0.25, 0.3) is 10.9 Å². The van der Waals surface area contributed by atoms with Crippen LogP contribution in [0.15, 0.2) is 53.7 Å². The van der Waals surface area contributed by atoms with Gasteiger partial charge in [-0.1, -0.05) is 24.3 Å². The van der Waals surface area contributed by atoms with Crippen molar-refractivity contribution in [1.29, 1.82) is 0 Å². The summed E-state index contributed by atoms with van der Waals surface area (Å²) in [6, 6.07) is 13.4. The van der Waals surface area contributed by atoms with Gasteiger partial charge in [-0.2, -0.15) is 0 Å². The zero-order valence-electron chi connectivity index (χ0n) is 17.1. The van der Waals surface area contributed by atoms with Gasteiger partial charge < -0.3 is 20.5 Å². The normalized spacial score (nSPS) is 11.6. The van der Waals surface area contributed by atoms with Crippen LogP contribution in [0.5, 0.6) is 0 Å². The van der Waals surface area contributed by atoms with Crippen LogP contribution >= 0.6 is 24.0 Å². The standard InChI is InChI=1S/C22H28FN5.HI/c1-24-22(27-13-16-5-4-6-17(11-16)15-28(2)3)25-10-9-18-14-26-21-8-7-19(23)12-20(18)21;/h4-8,11-12,14,26H,9-10,13,15H2,1-3H3,(H2,24,25,27);1H. The van der Waals surface area contributed by atoms with Gasteiger partial charge in [0.2, 0.25) is 0 Å². The third-order valence-electron chi connectivity index (χ3n) is 4.59. The first kappa shape index (κ1) is 23.2. The Hall–Kier alpha value is -2.13. The van der Waals surface area contributed by atoms with Gasteiger partial charge in [0.15, 0.2) is 5.96 Å². The molecule has 0 spiro atoms. The molecule has 0 saturated heterocycles. The highest BCUT2D eigenvalue weighted by molar-refractivity contribution is 14.0. The van der Waals surface area contributed by atoms with E-state index in [-0.39, 0.29) is 29.8 Å². The van der Waals surface area contributed by atoms with Crippen molar-refractivity contribution in [3.05, 3.63) is 71.2 Å². The van der Waals surface area contributed by atoms with Gasteiger partial charge in [-0.05, 0) is 55.4 Å². The quantitative estimate of drug-likeness (QED) is 0.258. The molecule has 0 aliphatic carbocycles. The van der Waals surface area contributed by atoms with Crippen LogP contribution in [0.4, 0.5) is 4.39 Å². The molecule has 29 heavy (non-hydrogen) atoms. The predicted molar refractivity (Wildman–Crippen MR) is 129 cm³/mol. The molecule has 0 amide bonds. The Kier molecular flexibility index (Phi) is 8.91.